The molecule has 1 N–H and O–H groups in total. The molecule has 0 atom stereocenters. The number of hydrogen-bond acceptors (Lipinski definition) is 2. The number of carboxylic acids is 1. The first-order chi connectivity index (χ1) is 5.29. The number of hydrogen-bond donors (Lipinski definition) is 1. The first kappa shape index (κ1) is 8.01. The predicted octanol–water partition coefficient (Wildman–Crippen LogP) is 2.24. The van der Waals surface area contributed by atoms with E-state index in [-0.39, 0.29) is 6.42 Å². The van der Waals surface area contributed by atoms with Gasteiger partial charge in [-0.15, -0.1) is 0 Å². The predicted molar refractivity (Wildman–Crippen MR) is 45.6 cm³/mol. The zero-order valence-corrected chi connectivity index (χ0v) is 6.67. The van der Waals surface area contributed by atoms with Gasteiger partial charge in [0, 0.05) is 0 Å². The van der Waals surface area contributed by atoms with E-state index in [1.807, 2.05) is 22.9 Å². The highest BCUT2D eigenvalue weighted by molar-refractivity contribution is 7.08. The second kappa shape index (κ2) is 3.93. The van der Waals surface area contributed by atoms with Crippen LogP contribution in [0.4, 0.5) is 0 Å². The summed E-state index contributed by atoms with van der Waals surface area (Å²) in [5.41, 5.74) is 1.07. The Balaban J connectivity index is 2.43. The van der Waals surface area contributed by atoms with Crippen LogP contribution in [-0.4, -0.2) is 11.1 Å². The van der Waals surface area contributed by atoms with Crippen molar-refractivity contribution in [2.75, 3.05) is 0 Å². The summed E-state index contributed by atoms with van der Waals surface area (Å²) in [6.07, 6.45) is 3.55. The van der Waals surface area contributed by atoms with Crippen LogP contribution in [0.15, 0.2) is 22.9 Å². The molecule has 0 aromatic carbocycles. The second-order valence-electron chi connectivity index (χ2n) is 2.06. The van der Waals surface area contributed by atoms with Crippen molar-refractivity contribution < 1.29 is 9.90 Å². The van der Waals surface area contributed by atoms with Crippen molar-refractivity contribution in [1.82, 2.24) is 0 Å². The van der Waals surface area contributed by atoms with E-state index in [0.29, 0.717) is 0 Å². The average molecular weight is 168 g/mol. The molecule has 0 fully saturated rings. The van der Waals surface area contributed by atoms with Crippen LogP contribution in [0.25, 0.3) is 6.08 Å². The Morgan fingerprint density at radius 2 is 2.55 bits per heavy atom. The van der Waals surface area contributed by atoms with Crippen molar-refractivity contribution in [3.05, 3.63) is 28.5 Å². The molecule has 0 aliphatic carbocycles. The van der Waals surface area contributed by atoms with E-state index in [4.69, 9.17) is 5.11 Å². The molecule has 0 amide bonds. The van der Waals surface area contributed by atoms with Crippen molar-refractivity contribution >= 4 is 23.4 Å². The van der Waals surface area contributed by atoms with Gasteiger partial charge < -0.3 is 5.11 Å². The molecular formula is C8H8O2S. The lowest BCUT2D eigenvalue weighted by atomic mass is 10.3. The van der Waals surface area contributed by atoms with Crippen LogP contribution in [0, 0.1) is 0 Å². The molecule has 0 aliphatic heterocycles. The van der Waals surface area contributed by atoms with E-state index >= 15 is 0 Å². The molecule has 1 aromatic rings. The molecule has 11 heavy (non-hydrogen) atoms. The second-order valence-corrected chi connectivity index (χ2v) is 2.84. The van der Waals surface area contributed by atoms with Crippen LogP contribution in [-0.2, 0) is 4.79 Å². The Morgan fingerprint density at radius 3 is 3.09 bits per heavy atom. The van der Waals surface area contributed by atoms with Gasteiger partial charge >= 0.3 is 5.97 Å². The molecule has 2 nitrogen and oxygen atoms in total. The van der Waals surface area contributed by atoms with Gasteiger partial charge in [-0.05, 0) is 22.4 Å². The fourth-order valence-corrected chi connectivity index (χ4v) is 1.29. The molecule has 1 aromatic heterocycles. The molecule has 1 heterocycles. The minimum Gasteiger partial charge on any atom is -0.481 e. The fourth-order valence-electron chi connectivity index (χ4n) is 0.666. The van der Waals surface area contributed by atoms with Crippen molar-refractivity contribution in [3.63, 3.8) is 0 Å². The third kappa shape index (κ3) is 3.00. The Morgan fingerprint density at radius 1 is 1.73 bits per heavy atom. The van der Waals surface area contributed by atoms with Crippen molar-refractivity contribution in [3.8, 4) is 0 Å². The minimum absolute atomic E-state index is 0.0931. The molecule has 0 saturated carbocycles. The summed E-state index contributed by atoms with van der Waals surface area (Å²) in [5.74, 6) is -0.795. The van der Waals surface area contributed by atoms with Gasteiger partial charge in [-0.1, -0.05) is 12.2 Å². The molecule has 0 spiro atoms. The number of rotatable bonds is 3. The molecule has 0 saturated heterocycles. The molecular weight excluding hydrogens is 160 g/mol. The molecule has 1 rings (SSSR count). The smallest absolute Gasteiger partial charge is 0.307 e. The van der Waals surface area contributed by atoms with E-state index in [2.05, 4.69) is 0 Å². The lowest BCUT2D eigenvalue weighted by Crippen LogP contribution is -1.89. The third-order valence-corrected chi connectivity index (χ3v) is 1.85. The Bertz CT molecular complexity index is 249. The molecule has 3 heteroatoms. The Hall–Kier alpha value is -1.09. The zero-order valence-electron chi connectivity index (χ0n) is 5.86. The topological polar surface area (TPSA) is 37.3 Å². The number of carbonyl (C=O) groups is 1. The first-order valence-corrected chi connectivity index (χ1v) is 4.14. The monoisotopic (exact) mass is 168 g/mol. The average Bonchev–Trinajstić information content (AvgIpc) is 2.39. The fraction of sp³-hybridized carbons (Fsp3) is 0.125. The Labute approximate surface area is 68.8 Å². The van der Waals surface area contributed by atoms with Crippen molar-refractivity contribution in [2.45, 2.75) is 6.42 Å². The maximum absolute atomic E-state index is 10.1. The van der Waals surface area contributed by atoms with Crippen molar-refractivity contribution in [1.29, 1.82) is 0 Å². The largest absolute Gasteiger partial charge is 0.481 e. The molecule has 0 radical (unpaired) electrons. The summed E-state index contributed by atoms with van der Waals surface area (Å²) in [5, 5.41) is 12.2. The third-order valence-electron chi connectivity index (χ3n) is 1.15. The summed E-state index contributed by atoms with van der Waals surface area (Å²) in [6, 6.07) is 1.95. The van der Waals surface area contributed by atoms with Crippen LogP contribution >= 0.6 is 11.3 Å². The van der Waals surface area contributed by atoms with E-state index in [1.54, 1.807) is 17.4 Å². The standard InChI is InChI=1S/C8H8O2S/c9-8(10)3-1-2-7-4-5-11-6-7/h1-2,4-6H,3H2,(H,9,10). The lowest BCUT2D eigenvalue weighted by molar-refractivity contribution is -0.135. The van der Waals surface area contributed by atoms with E-state index in [9.17, 15) is 4.79 Å². The van der Waals surface area contributed by atoms with Crippen LogP contribution in [0.3, 0.4) is 0 Å². The summed E-state index contributed by atoms with van der Waals surface area (Å²) in [6.45, 7) is 0. The first-order valence-electron chi connectivity index (χ1n) is 3.19. The normalized spacial score (nSPS) is 10.5. The van der Waals surface area contributed by atoms with Gasteiger partial charge in [0.15, 0.2) is 0 Å². The van der Waals surface area contributed by atoms with Gasteiger partial charge in [0.25, 0.3) is 0 Å². The van der Waals surface area contributed by atoms with Crippen LogP contribution < -0.4 is 0 Å². The number of aliphatic carboxylic acids is 1. The van der Waals surface area contributed by atoms with E-state index < -0.39 is 5.97 Å². The molecule has 0 bridgehead atoms. The van der Waals surface area contributed by atoms with Gasteiger partial charge in [0.05, 0.1) is 6.42 Å². The van der Waals surface area contributed by atoms with Crippen LogP contribution in [0.2, 0.25) is 0 Å². The van der Waals surface area contributed by atoms with Crippen LogP contribution in [0.5, 0.6) is 0 Å². The lowest BCUT2D eigenvalue weighted by Gasteiger charge is -1.82. The van der Waals surface area contributed by atoms with Crippen LogP contribution in [0.1, 0.15) is 12.0 Å². The van der Waals surface area contributed by atoms with E-state index in [0.717, 1.165) is 5.56 Å². The van der Waals surface area contributed by atoms with Gasteiger partial charge in [-0.2, -0.15) is 11.3 Å². The highest BCUT2D eigenvalue weighted by Gasteiger charge is 1.89. The number of thiophene rings is 1. The quantitative estimate of drug-likeness (QED) is 0.751. The van der Waals surface area contributed by atoms with Gasteiger partial charge in [-0.3, -0.25) is 4.79 Å². The van der Waals surface area contributed by atoms with Crippen molar-refractivity contribution in [2.24, 2.45) is 0 Å². The zero-order chi connectivity index (χ0) is 8.10. The van der Waals surface area contributed by atoms with Gasteiger partial charge in [0.2, 0.25) is 0 Å². The number of carboxylic acid groups (broad SMARTS) is 1. The van der Waals surface area contributed by atoms with E-state index in [1.165, 1.54) is 0 Å². The van der Waals surface area contributed by atoms with Gasteiger partial charge in [-0.25, -0.2) is 0 Å². The highest BCUT2D eigenvalue weighted by atomic mass is 32.1. The SMILES string of the molecule is O=C(O)CC=Cc1ccsc1. The maximum Gasteiger partial charge on any atom is 0.307 e. The molecule has 0 unspecified atom stereocenters. The summed E-state index contributed by atoms with van der Waals surface area (Å²) >= 11 is 1.60. The maximum atomic E-state index is 10.1. The molecule has 0 aliphatic rings. The molecule has 58 valence electrons. The minimum atomic E-state index is -0.795. The summed E-state index contributed by atoms with van der Waals surface area (Å²) < 4.78 is 0. The summed E-state index contributed by atoms with van der Waals surface area (Å²) in [4.78, 5) is 10.1. The van der Waals surface area contributed by atoms with Gasteiger partial charge in [0.1, 0.15) is 0 Å². The highest BCUT2D eigenvalue weighted by Crippen LogP contribution is 2.07. The Kier molecular flexibility index (Phi) is 2.86. The summed E-state index contributed by atoms with van der Waals surface area (Å²) in [7, 11) is 0.